The van der Waals surface area contributed by atoms with Gasteiger partial charge in [0.15, 0.2) is 11.2 Å². The molecule has 2 rings (SSSR count). The molecule has 0 saturated heterocycles. The Morgan fingerprint density at radius 3 is 2.26 bits per heavy atom. The normalized spacial score (nSPS) is 23.2. The van der Waals surface area contributed by atoms with Crippen LogP contribution in [-0.2, 0) is 28.7 Å². The van der Waals surface area contributed by atoms with Crippen LogP contribution in [0, 0.1) is 5.41 Å². The third-order valence-electron chi connectivity index (χ3n) is 3.63. The van der Waals surface area contributed by atoms with Crippen molar-refractivity contribution in [2.75, 3.05) is 14.2 Å². The summed E-state index contributed by atoms with van der Waals surface area (Å²) in [4.78, 5) is 47.8. The van der Waals surface area contributed by atoms with Crippen LogP contribution < -0.4 is 0 Å². The van der Waals surface area contributed by atoms with Gasteiger partial charge in [-0.25, -0.2) is 9.59 Å². The maximum atomic E-state index is 12.3. The molecular formula is C15H12O8. The summed E-state index contributed by atoms with van der Waals surface area (Å²) in [5.74, 6) is -4.51. The zero-order valence-electron chi connectivity index (χ0n) is 12.2. The number of esters is 2. The first-order valence-electron chi connectivity index (χ1n) is 6.30. The van der Waals surface area contributed by atoms with Crippen molar-refractivity contribution in [1.82, 2.24) is 0 Å². The van der Waals surface area contributed by atoms with Crippen LogP contribution in [0.4, 0.5) is 0 Å². The lowest BCUT2D eigenvalue weighted by Crippen LogP contribution is -2.44. The van der Waals surface area contributed by atoms with E-state index >= 15 is 0 Å². The molecule has 0 fully saturated rings. The summed E-state index contributed by atoms with van der Waals surface area (Å²) >= 11 is 0. The van der Waals surface area contributed by atoms with Crippen molar-refractivity contribution in [3.63, 3.8) is 0 Å². The summed E-state index contributed by atoms with van der Waals surface area (Å²) in [6, 6.07) is 0. The van der Waals surface area contributed by atoms with Crippen molar-refractivity contribution in [1.29, 1.82) is 0 Å². The van der Waals surface area contributed by atoms with Gasteiger partial charge in [-0.3, -0.25) is 4.79 Å². The first-order valence-corrected chi connectivity index (χ1v) is 6.30. The van der Waals surface area contributed by atoms with Gasteiger partial charge >= 0.3 is 11.9 Å². The monoisotopic (exact) mass is 320 g/mol. The molecule has 2 aliphatic carbocycles. The maximum Gasteiger partial charge on any atom is 0.341 e. The maximum absolute atomic E-state index is 12.3. The molecule has 0 amide bonds. The van der Waals surface area contributed by atoms with Gasteiger partial charge in [-0.2, -0.15) is 0 Å². The minimum absolute atomic E-state index is 0.109. The van der Waals surface area contributed by atoms with Crippen LogP contribution in [0.1, 0.15) is 0 Å². The molecule has 0 aromatic rings. The fraction of sp³-hybridized carbons (Fsp3) is 0.200. The van der Waals surface area contributed by atoms with Gasteiger partial charge in [0, 0.05) is 5.57 Å². The Hall–Kier alpha value is -3.16. The number of methoxy groups -OCH3 is 2. The lowest BCUT2D eigenvalue weighted by molar-refractivity contribution is -0.141. The first kappa shape index (κ1) is 16.2. The highest BCUT2D eigenvalue weighted by Crippen LogP contribution is 2.46. The van der Waals surface area contributed by atoms with E-state index in [0.717, 1.165) is 32.4 Å². The molecule has 8 heteroatoms. The molecule has 0 heterocycles. The lowest BCUT2D eigenvalue weighted by atomic mass is 9.65. The summed E-state index contributed by atoms with van der Waals surface area (Å²) < 4.78 is 8.99. The highest BCUT2D eigenvalue weighted by Gasteiger charge is 2.54. The van der Waals surface area contributed by atoms with Gasteiger partial charge < -0.3 is 24.5 Å². The van der Waals surface area contributed by atoms with Crippen molar-refractivity contribution in [2.45, 2.75) is 0 Å². The number of rotatable bonds is 3. The topological polar surface area (TPSA) is 127 Å². The Morgan fingerprint density at radius 2 is 1.74 bits per heavy atom. The van der Waals surface area contributed by atoms with E-state index in [2.05, 4.69) is 9.47 Å². The lowest BCUT2D eigenvalue weighted by Gasteiger charge is -2.34. The van der Waals surface area contributed by atoms with Gasteiger partial charge in [0.2, 0.25) is 0 Å². The molecule has 0 spiro atoms. The number of carbonyl (C=O) groups is 4. The number of hydrogen-bond acceptors (Lipinski definition) is 8. The molecule has 0 aromatic carbocycles. The fourth-order valence-corrected chi connectivity index (χ4v) is 2.50. The zero-order chi connectivity index (χ0) is 17.4. The molecule has 2 N–H and O–H groups in total. The molecule has 1 unspecified atom stereocenters. The Balaban J connectivity index is 2.91. The second-order valence-electron chi connectivity index (χ2n) is 4.69. The quantitative estimate of drug-likeness (QED) is 0.429. The molecule has 23 heavy (non-hydrogen) atoms. The van der Waals surface area contributed by atoms with Gasteiger partial charge in [-0.05, 0) is 18.2 Å². The summed E-state index contributed by atoms with van der Waals surface area (Å²) in [7, 11) is 2.01. The summed E-state index contributed by atoms with van der Waals surface area (Å²) in [6.45, 7) is 0. The molecule has 0 radical (unpaired) electrons. The third kappa shape index (κ3) is 2.07. The van der Waals surface area contributed by atoms with Crippen LogP contribution in [0.15, 0.2) is 46.5 Å². The minimum atomic E-state index is -2.28. The zero-order valence-corrected chi connectivity index (χ0v) is 12.2. The summed E-state index contributed by atoms with van der Waals surface area (Å²) in [5, 5.41) is 20.2. The number of aldehydes is 1. The number of allylic oxidation sites excluding steroid dienone is 4. The molecular weight excluding hydrogens is 308 g/mol. The van der Waals surface area contributed by atoms with E-state index in [-0.39, 0.29) is 11.9 Å². The van der Waals surface area contributed by atoms with Gasteiger partial charge in [0.1, 0.15) is 29.0 Å². The Kier molecular flexibility index (Phi) is 3.92. The van der Waals surface area contributed by atoms with E-state index in [0.29, 0.717) is 0 Å². The molecule has 2 aliphatic rings. The standard InChI is InChI=1S/C15H12O8/c1-22-13(20)7-5-8-9(17)3-4-10(18)15(8,6-16)11(12(7)19)14(21)23-2/h3-6,17,19H,1-2H3. The second kappa shape index (κ2) is 5.56. The second-order valence-corrected chi connectivity index (χ2v) is 4.69. The van der Waals surface area contributed by atoms with Crippen LogP contribution in [0.3, 0.4) is 0 Å². The molecule has 0 aromatic heterocycles. The number of ketones is 1. The van der Waals surface area contributed by atoms with Crippen LogP contribution in [0.2, 0.25) is 0 Å². The van der Waals surface area contributed by atoms with Gasteiger partial charge in [0.25, 0.3) is 0 Å². The molecule has 1 atom stereocenters. The minimum Gasteiger partial charge on any atom is -0.508 e. The SMILES string of the molecule is COC(=O)C1=CC2=C(O)C=CC(=O)C2(C=O)C(C(=O)OC)=C1O. The van der Waals surface area contributed by atoms with Crippen molar-refractivity contribution >= 4 is 24.0 Å². The van der Waals surface area contributed by atoms with Crippen molar-refractivity contribution in [2.24, 2.45) is 5.41 Å². The average Bonchev–Trinajstić information content (AvgIpc) is 2.56. The van der Waals surface area contributed by atoms with Crippen molar-refractivity contribution in [3.05, 3.63) is 46.5 Å². The molecule has 0 bridgehead atoms. The predicted molar refractivity (Wildman–Crippen MR) is 74.1 cm³/mol. The summed E-state index contributed by atoms with van der Waals surface area (Å²) in [6.07, 6.45) is 2.94. The molecule has 120 valence electrons. The Morgan fingerprint density at radius 1 is 1.13 bits per heavy atom. The van der Waals surface area contributed by atoms with E-state index in [4.69, 9.17) is 0 Å². The smallest absolute Gasteiger partial charge is 0.341 e. The largest absolute Gasteiger partial charge is 0.508 e. The fourth-order valence-electron chi connectivity index (χ4n) is 2.50. The summed E-state index contributed by atoms with van der Waals surface area (Å²) in [5.41, 5.74) is -3.85. The number of carbonyl (C=O) groups excluding carboxylic acids is 4. The van der Waals surface area contributed by atoms with E-state index in [1.165, 1.54) is 0 Å². The van der Waals surface area contributed by atoms with E-state index in [9.17, 15) is 29.4 Å². The molecule has 0 saturated carbocycles. The highest BCUT2D eigenvalue weighted by molar-refractivity contribution is 6.20. The van der Waals surface area contributed by atoms with E-state index < -0.39 is 45.8 Å². The first-order chi connectivity index (χ1) is 10.8. The van der Waals surface area contributed by atoms with Crippen molar-refractivity contribution < 1.29 is 38.9 Å². The number of aliphatic hydroxyl groups excluding tert-OH is 2. The number of hydrogen-bond donors (Lipinski definition) is 2. The predicted octanol–water partition coefficient (Wildman–Crippen LogP) is 0.221. The highest BCUT2D eigenvalue weighted by atomic mass is 16.5. The number of ether oxygens (including phenoxy) is 2. The third-order valence-corrected chi connectivity index (χ3v) is 3.63. The Bertz CT molecular complexity index is 749. The van der Waals surface area contributed by atoms with Gasteiger partial charge in [0.05, 0.1) is 14.2 Å². The van der Waals surface area contributed by atoms with Crippen LogP contribution in [0.5, 0.6) is 0 Å². The van der Waals surface area contributed by atoms with Crippen molar-refractivity contribution in [3.8, 4) is 0 Å². The number of aliphatic hydroxyl groups is 2. The van der Waals surface area contributed by atoms with Crippen LogP contribution in [0.25, 0.3) is 0 Å². The average molecular weight is 320 g/mol. The van der Waals surface area contributed by atoms with Crippen LogP contribution >= 0.6 is 0 Å². The van der Waals surface area contributed by atoms with E-state index in [1.54, 1.807) is 0 Å². The van der Waals surface area contributed by atoms with Crippen LogP contribution in [-0.4, -0.2) is 48.4 Å². The van der Waals surface area contributed by atoms with E-state index in [1.807, 2.05) is 0 Å². The van der Waals surface area contributed by atoms with Gasteiger partial charge in [-0.15, -0.1) is 0 Å². The molecule has 0 aliphatic heterocycles. The number of fused-ring (bicyclic) bond motifs is 1. The molecule has 8 nitrogen and oxygen atoms in total. The Labute approximate surface area is 130 Å². The van der Waals surface area contributed by atoms with Gasteiger partial charge in [-0.1, -0.05) is 0 Å².